The molecule has 0 aliphatic heterocycles. The lowest BCUT2D eigenvalue weighted by Crippen LogP contribution is -2.33. The van der Waals surface area contributed by atoms with Gasteiger partial charge in [0.15, 0.2) is 0 Å². The van der Waals surface area contributed by atoms with Gasteiger partial charge in [0.05, 0.1) is 22.4 Å². The maximum absolute atomic E-state index is 8.92. The van der Waals surface area contributed by atoms with E-state index >= 15 is 0 Å². The Morgan fingerprint density at radius 1 is 1.79 bits per heavy atom. The van der Waals surface area contributed by atoms with E-state index in [2.05, 4.69) is 39.1 Å². The molecule has 1 N–H and O–H groups in total. The molecular weight excluding hydrogens is 291 g/mol. The third-order valence-corrected chi connectivity index (χ3v) is 2.70. The van der Waals surface area contributed by atoms with Gasteiger partial charge in [-0.25, -0.2) is 0 Å². The number of nitriles is 1. The zero-order chi connectivity index (χ0) is 9.97. The van der Waals surface area contributed by atoms with Crippen molar-refractivity contribution in [2.24, 2.45) is 0 Å². The summed E-state index contributed by atoms with van der Waals surface area (Å²) in [6.07, 6.45) is 6.15. The molecule has 1 saturated carbocycles. The molecule has 1 aromatic rings. The molecule has 0 aromatic carbocycles. The minimum atomic E-state index is -0.113. The van der Waals surface area contributed by atoms with Crippen molar-refractivity contribution < 1.29 is 0 Å². The minimum absolute atomic E-state index is 0.113. The Bertz CT molecular complexity index is 350. The van der Waals surface area contributed by atoms with Crippen LogP contribution in [0.15, 0.2) is 12.4 Å². The van der Waals surface area contributed by atoms with Crippen molar-refractivity contribution in [1.29, 1.82) is 5.26 Å². The van der Waals surface area contributed by atoms with Gasteiger partial charge in [0.1, 0.15) is 6.04 Å². The lowest BCUT2D eigenvalue weighted by atomic mass is 10.3. The Hall–Kier alpha value is -0.610. The first-order chi connectivity index (χ1) is 6.78. The molecule has 2 rings (SSSR count). The van der Waals surface area contributed by atoms with Gasteiger partial charge in [-0.1, -0.05) is 0 Å². The smallest absolute Gasteiger partial charge is 0.115 e. The van der Waals surface area contributed by atoms with Gasteiger partial charge >= 0.3 is 0 Å². The molecule has 14 heavy (non-hydrogen) atoms. The van der Waals surface area contributed by atoms with Gasteiger partial charge in [-0.3, -0.25) is 10.00 Å². The first kappa shape index (κ1) is 9.93. The standard InChI is InChI=1S/C9H11IN4/c10-7-4-12-14(5-7)6-9(3-11)13-8-1-2-8/h4-5,8-9,13H,1-2,6H2. The van der Waals surface area contributed by atoms with E-state index in [-0.39, 0.29) is 6.04 Å². The highest BCUT2D eigenvalue weighted by molar-refractivity contribution is 14.1. The van der Waals surface area contributed by atoms with Crippen LogP contribution in [0.25, 0.3) is 0 Å². The fourth-order valence-electron chi connectivity index (χ4n) is 1.29. The molecule has 74 valence electrons. The van der Waals surface area contributed by atoms with E-state index in [1.807, 2.05) is 10.9 Å². The molecule has 5 heteroatoms. The van der Waals surface area contributed by atoms with Crippen LogP contribution in [0.5, 0.6) is 0 Å². The van der Waals surface area contributed by atoms with Crippen molar-refractivity contribution in [3.8, 4) is 6.07 Å². The fourth-order valence-corrected chi connectivity index (χ4v) is 1.74. The Morgan fingerprint density at radius 2 is 2.57 bits per heavy atom. The molecule has 1 fully saturated rings. The lowest BCUT2D eigenvalue weighted by Gasteiger charge is -2.09. The van der Waals surface area contributed by atoms with Gasteiger partial charge in [-0.2, -0.15) is 10.4 Å². The largest absolute Gasteiger partial charge is 0.298 e. The summed E-state index contributed by atoms with van der Waals surface area (Å²) in [5, 5.41) is 16.3. The van der Waals surface area contributed by atoms with Crippen molar-refractivity contribution >= 4 is 22.6 Å². The molecule has 0 amide bonds. The quantitative estimate of drug-likeness (QED) is 0.848. The summed E-state index contributed by atoms with van der Waals surface area (Å²) in [5.41, 5.74) is 0. The van der Waals surface area contributed by atoms with Gasteiger partial charge in [-0.05, 0) is 35.4 Å². The third-order valence-electron chi connectivity index (χ3n) is 2.14. The topological polar surface area (TPSA) is 53.6 Å². The van der Waals surface area contributed by atoms with Crippen LogP contribution in [0, 0.1) is 14.9 Å². The van der Waals surface area contributed by atoms with E-state index in [9.17, 15) is 0 Å². The monoisotopic (exact) mass is 302 g/mol. The van der Waals surface area contributed by atoms with Crippen molar-refractivity contribution in [1.82, 2.24) is 15.1 Å². The summed E-state index contributed by atoms with van der Waals surface area (Å²) in [5.74, 6) is 0. The molecule has 0 saturated heterocycles. The molecule has 1 heterocycles. The van der Waals surface area contributed by atoms with Gasteiger partial charge < -0.3 is 0 Å². The number of nitrogens with zero attached hydrogens (tertiary/aromatic N) is 3. The van der Waals surface area contributed by atoms with E-state index in [4.69, 9.17) is 5.26 Å². The number of hydrogen-bond donors (Lipinski definition) is 1. The predicted octanol–water partition coefficient (Wildman–Crippen LogP) is 1.13. The number of aromatic nitrogens is 2. The van der Waals surface area contributed by atoms with Gasteiger partial charge in [0, 0.05) is 12.2 Å². The Balaban J connectivity index is 1.90. The van der Waals surface area contributed by atoms with Gasteiger partial charge in [-0.15, -0.1) is 0 Å². The molecule has 0 spiro atoms. The summed E-state index contributed by atoms with van der Waals surface area (Å²) in [6.45, 7) is 0.635. The molecule has 1 unspecified atom stereocenters. The molecule has 1 aromatic heterocycles. The molecular formula is C9H11IN4. The molecule has 1 aliphatic carbocycles. The van der Waals surface area contributed by atoms with E-state index in [1.54, 1.807) is 6.20 Å². The van der Waals surface area contributed by atoms with Crippen molar-refractivity contribution in [3.05, 3.63) is 16.0 Å². The molecule has 1 aliphatic rings. The summed E-state index contributed by atoms with van der Waals surface area (Å²) in [6, 6.07) is 2.71. The normalized spacial score (nSPS) is 17.7. The zero-order valence-corrected chi connectivity index (χ0v) is 9.81. The Kier molecular flexibility index (Phi) is 3.03. The number of nitrogens with one attached hydrogen (secondary N) is 1. The number of halogens is 1. The molecule has 0 bridgehead atoms. The van der Waals surface area contributed by atoms with Gasteiger partial charge in [0.2, 0.25) is 0 Å². The van der Waals surface area contributed by atoms with Crippen LogP contribution in [0.4, 0.5) is 0 Å². The minimum Gasteiger partial charge on any atom is -0.298 e. The van der Waals surface area contributed by atoms with Crippen LogP contribution < -0.4 is 5.32 Å². The average molecular weight is 302 g/mol. The average Bonchev–Trinajstić information content (AvgIpc) is 2.89. The van der Waals surface area contributed by atoms with Crippen LogP contribution >= 0.6 is 22.6 Å². The maximum atomic E-state index is 8.92. The second kappa shape index (κ2) is 4.28. The van der Waals surface area contributed by atoms with Crippen molar-refractivity contribution in [2.75, 3.05) is 0 Å². The third kappa shape index (κ3) is 2.69. The second-order valence-electron chi connectivity index (χ2n) is 3.50. The zero-order valence-electron chi connectivity index (χ0n) is 7.65. The summed E-state index contributed by atoms with van der Waals surface area (Å²) < 4.78 is 2.91. The highest BCUT2D eigenvalue weighted by atomic mass is 127. The second-order valence-corrected chi connectivity index (χ2v) is 4.75. The van der Waals surface area contributed by atoms with E-state index < -0.39 is 0 Å². The fraction of sp³-hybridized carbons (Fsp3) is 0.556. The van der Waals surface area contributed by atoms with E-state index in [0.29, 0.717) is 12.6 Å². The van der Waals surface area contributed by atoms with E-state index in [0.717, 1.165) is 3.57 Å². The molecule has 0 radical (unpaired) electrons. The SMILES string of the molecule is N#CC(Cn1cc(I)cn1)NC1CC1. The van der Waals surface area contributed by atoms with Crippen molar-refractivity contribution in [3.63, 3.8) is 0 Å². The molecule has 4 nitrogen and oxygen atoms in total. The van der Waals surface area contributed by atoms with E-state index in [1.165, 1.54) is 12.8 Å². The summed E-state index contributed by atoms with van der Waals surface area (Å²) in [7, 11) is 0. The Labute approximate surface area is 96.4 Å². The first-order valence-corrected chi connectivity index (χ1v) is 5.69. The van der Waals surface area contributed by atoms with Crippen LogP contribution in [0.1, 0.15) is 12.8 Å². The number of hydrogen-bond acceptors (Lipinski definition) is 3. The Morgan fingerprint density at radius 3 is 3.07 bits per heavy atom. The predicted molar refractivity (Wildman–Crippen MR) is 60.5 cm³/mol. The summed E-state index contributed by atoms with van der Waals surface area (Å²) in [4.78, 5) is 0. The number of rotatable bonds is 4. The highest BCUT2D eigenvalue weighted by Gasteiger charge is 2.24. The lowest BCUT2D eigenvalue weighted by molar-refractivity contribution is 0.489. The highest BCUT2D eigenvalue weighted by Crippen LogP contribution is 2.19. The van der Waals surface area contributed by atoms with Crippen LogP contribution in [0.2, 0.25) is 0 Å². The van der Waals surface area contributed by atoms with Crippen LogP contribution in [-0.4, -0.2) is 21.9 Å². The first-order valence-electron chi connectivity index (χ1n) is 4.61. The van der Waals surface area contributed by atoms with Crippen molar-refractivity contribution in [2.45, 2.75) is 31.5 Å². The molecule has 1 atom stereocenters. The van der Waals surface area contributed by atoms with Crippen LogP contribution in [-0.2, 0) is 6.54 Å². The summed E-state index contributed by atoms with van der Waals surface area (Å²) >= 11 is 2.21. The van der Waals surface area contributed by atoms with Crippen LogP contribution in [0.3, 0.4) is 0 Å². The maximum Gasteiger partial charge on any atom is 0.115 e. The van der Waals surface area contributed by atoms with Gasteiger partial charge in [0.25, 0.3) is 0 Å².